The lowest BCUT2D eigenvalue weighted by Crippen LogP contribution is -2.19. The Morgan fingerprint density at radius 1 is 0.205 bits per heavy atom. The van der Waals surface area contributed by atoms with Crippen LogP contribution in [0.5, 0.6) is 0 Å². The monoisotopic (exact) mass is 1060 g/mol. The summed E-state index contributed by atoms with van der Waals surface area (Å²) < 4.78 is 0. The van der Waals surface area contributed by atoms with Gasteiger partial charge in [-0.2, -0.15) is 0 Å². The standard InChI is InChI=1S/C82H63N/c1-79(2)71-28-18-17-27-61(71)69-46-78-70(47-77(69)79)66-38-33-54(45-76(66)82(78,7)8)83(52-31-36-64-62-34-29-50(41-72(62)80(3,4)74(64)43-52)67-39-48-19-9-11-21-55(48)57-23-13-15-25-59(57)67)53-32-37-65-63-35-30-51(42-73(63)81(5,6)75(65)44-53)68-40-49-20-10-12-22-56(49)58-24-14-16-26-60(58)68/h9-47H,1-8H3. The molecule has 0 N–H and O–H groups in total. The van der Waals surface area contributed by atoms with Crippen LogP contribution in [-0.2, 0) is 21.7 Å². The van der Waals surface area contributed by atoms with E-state index in [1.165, 1.54) is 160 Å². The van der Waals surface area contributed by atoms with Gasteiger partial charge < -0.3 is 4.90 Å². The molecule has 17 rings (SSSR count). The lowest BCUT2D eigenvalue weighted by atomic mass is 9.79. The minimum absolute atomic E-state index is 0.0780. The summed E-state index contributed by atoms with van der Waals surface area (Å²) in [6.07, 6.45) is 0. The van der Waals surface area contributed by atoms with Gasteiger partial charge in [-0.25, -0.2) is 0 Å². The first-order chi connectivity index (χ1) is 40.2. The normalized spacial score (nSPS) is 15.6. The molecule has 396 valence electrons. The van der Waals surface area contributed by atoms with Gasteiger partial charge in [0.25, 0.3) is 0 Å². The van der Waals surface area contributed by atoms with Crippen LogP contribution in [0.15, 0.2) is 237 Å². The first-order valence-corrected chi connectivity index (χ1v) is 29.8. The second-order valence-electron chi connectivity index (χ2n) is 26.4. The number of hydrogen-bond acceptors (Lipinski definition) is 1. The number of fused-ring (bicyclic) bond motifs is 18. The van der Waals surface area contributed by atoms with Crippen LogP contribution in [0.3, 0.4) is 0 Å². The molecular formula is C82H63N. The van der Waals surface area contributed by atoms with Crippen LogP contribution in [-0.4, -0.2) is 0 Å². The zero-order valence-electron chi connectivity index (χ0n) is 48.5. The molecule has 4 aliphatic rings. The van der Waals surface area contributed by atoms with Crippen LogP contribution in [0.4, 0.5) is 17.1 Å². The Morgan fingerprint density at radius 3 is 0.940 bits per heavy atom. The molecular weight excluding hydrogens is 999 g/mol. The van der Waals surface area contributed by atoms with E-state index in [9.17, 15) is 0 Å². The minimum Gasteiger partial charge on any atom is -0.310 e. The first-order valence-electron chi connectivity index (χ1n) is 29.8. The molecule has 0 amide bonds. The molecule has 0 unspecified atom stereocenters. The van der Waals surface area contributed by atoms with Crippen LogP contribution in [0.2, 0.25) is 0 Å². The van der Waals surface area contributed by atoms with Gasteiger partial charge in [0.05, 0.1) is 0 Å². The highest BCUT2D eigenvalue weighted by Gasteiger charge is 2.43. The molecule has 13 aromatic carbocycles. The Kier molecular flexibility index (Phi) is 9.73. The molecule has 0 heterocycles. The van der Waals surface area contributed by atoms with E-state index < -0.39 is 0 Å². The quantitative estimate of drug-likeness (QED) is 0.155. The highest BCUT2D eigenvalue weighted by molar-refractivity contribution is 6.15. The van der Waals surface area contributed by atoms with E-state index in [-0.39, 0.29) is 21.7 Å². The SMILES string of the molecule is CC1(C)c2cc(-c3cc4ccccc4c4ccccc34)ccc2-c2ccc(N(c3ccc4c(c3)C(C)(C)c3cc(-c5cc6ccccc6c6ccccc56)ccc3-4)c3ccc4c(c3)C(C)(C)c3cc5c(cc3-4)C(C)(C)c3ccccc3-5)cc21. The summed E-state index contributed by atoms with van der Waals surface area (Å²) >= 11 is 0. The molecule has 0 aromatic heterocycles. The third kappa shape index (κ3) is 6.60. The number of anilines is 3. The molecule has 0 saturated heterocycles. The Labute approximate surface area is 487 Å². The minimum atomic E-state index is -0.265. The van der Waals surface area contributed by atoms with Crippen LogP contribution in [0.25, 0.3) is 110 Å². The topological polar surface area (TPSA) is 3.24 Å². The maximum Gasteiger partial charge on any atom is 0.0465 e. The maximum atomic E-state index is 2.57. The number of hydrogen-bond donors (Lipinski definition) is 0. The molecule has 4 aliphatic carbocycles. The van der Waals surface area contributed by atoms with Crippen molar-refractivity contribution in [3.63, 3.8) is 0 Å². The van der Waals surface area contributed by atoms with E-state index in [2.05, 4.69) is 297 Å². The Hall–Kier alpha value is -9.30. The summed E-state index contributed by atoms with van der Waals surface area (Å²) in [4.78, 5) is 2.57. The van der Waals surface area contributed by atoms with Crippen molar-refractivity contribution in [3.05, 3.63) is 281 Å². The number of benzene rings is 13. The second-order valence-corrected chi connectivity index (χ2v) is 26.4. The molecule has 1 heteroatoms. The number of nitrogens with zero attached hydrogens (tertiary/aromatic N) is 1. The van der Waals surface area contributed by atoms with E-state index in [1.807, 2.05) is 0 Å². The lowest BCUT2D eigenvalue weighted by Gasteiger charge is -2.31. The van der Waals surface area contributed by atoms with Gasteiger partial charge >= 0.3 is 0 Å². The van der Waals surface area contributed by atoms with E-state index in [1.54, 1.807) is 0 Å². The van der Waals surface area contributed by atoms with Gasteiger partial charge in [-0.3, -0.25) is 0 Å². The third-order valence-corrected chi connectivity index (χ3v) is 20.6. The highest BCUT2D eigenvalue weighted by Crippen LogP contribution is 2.59. The fourth-order valence-electron chi connectivity index (χ4n) is 16.2. The average Bonchev–Trinajstić information content (AvgIpc) is 2.47. The Bertz CT molecular complexity index is 4810. The Morgan fingerprint density at radius 2 is 0.506 bits per heavy atom. The summed E-state index contributed by atoms with van der Waals surface area (Å²) in [5.74, 6) is 0. The van der Waals surface area contributed by atoms with Crippen molar-refractivity contribution >= 4 is 60.2 Å². The van der Waals surface area contributed by atoms with Gasteiger partial charge in [0.2, 0.25) is 0 Å². The van der Waals surface area contributed by atoms with Crippen molar-refractivity contribution in [1.29, 1.82) is 0 Å². The van der Waals surface area contributed by atoms with Crippen molar-refractivity contribution in [1.82, 2.24) is 0 Å². The maximum absolute atomic E-state index is 2.57. The summed E-state index contributed by atoms with van der Waals surface area (Å²) in [7, 11) is 0. The fraction of sp³-hybridized carbons (Fsp3) is 0.146. The largest absolute Gasteiger partial charge is 0.310 e. The first kappa shape index (κ1) is 48.4. The predicted octanol–water partition coefficient (Wildman–Crippen LogP) is 22.3. The van der Waals surface area contributed by atoms with Gasteiger partial charge in [0.1, 0.15) is 0 Å². The predicted molar refractivity (Wildman–Crippen MR) is 352 cm³/mol. The van der Waals surface area contributed by atoms with Crippen LogP contribution < -0.4 is 4.90 Å². The molecule has 0 spiro atoms. The summed E-state index contributed by atoms with van der Waals surface area (Å²) in [5, 5.41) is 10.3. The smallest absolute Gasteiger partial charge is 0.0465 e. The lowest BCUT2D eigenvalue weighted by molar-refractivity contribution is 0.652. The second kappa shape index (κ2) is 16.7. The highest BCUT2D eigenvalue weighted by atomic mass is 15.1. The van der Waals surface area contributed by atoms with Gasteiger partial charge in [-0.15, -0.1) is 0 Å². The molecule has 13 aromatic rings. The molecule has 1 nitrogen and oxygen atoms in total. The van der Waals surface area contributed by atoms with Crippen molar-refractivity contribution < 1.29 is 0 Å². The summed E-state index contributed by atoms with van der Waals surface area (Å²) in [6.45, 7) is 19.4. The van der Waals surface area contributed by atoms with E-state index >= 15 is 0 Å². The molecule has 0 bridgehead atoms. The van der Waals surface area contributed by atoms with Crippen LogP contribution >= 0.6 is 0 Å². The van der Waals surface area contributed by atoms with E-state index in [4.69, 9.17) is 0 Å². The van der Waals surface area contributed by atoms with Crippen LogP contribution in [0.1, 0.15) is 99.9 Å². The van der Waals surface area contributed by atoms with Gasteiger partial charge in [0.15, 0.2) is 0 Å². The van der Waals surface area contributed by atoms with Gasteiger partial charge in [-0.1, -0.05) is 219 Å². The fourth-order valence-corrected chi connectivity index (χ4v) is 16.2. The van der Waals surface area contributed by atoms with Crippen LogP contribution in [0, 0.1) is 0 Å². The van der Waals surface area contributed by atoms with Crippen molar-refractivity contribution in [2.45, 2.75) is 77.0 Å². The molecule has 0 radical (unpaired) electrons. The third-order valence-electron chi connectivity index (χ3n) is 20.6. The average molecular weight is 1060 g/mol. The van der Waals surface area contributed by atoms with Crippen molar-refractivity contribution in [2.24, 2.45) is 0 Å². The van der Waals surface area contributed by atoms with Crippen molar-refractivity contribution in [2.75, 3.05) is 4.90 Å². The molecule has 0 saturated carbocycles. The molecule has 0 fully saturated rings. The summed E-state index contributed by atoms with van der Waals surface area (Å²) in [6, 6.07) is 90.9. The zero-order valence-corrected chi connectivity index (χ0v) is 48.5. The molecule has 0 atom stereocenters. The number of rotatable bonds is 5. The van der Waals surface area contributed by atoms with E-state index in [0.717, 1.165) is 11.4 Å². The zero-order chi connectivity index (χ0) is 56.1. The van der Waals surface area contributed by atoms with E-state index in [0.29, 0.717) is 0 Å². The Balaban J connectivity index is 0.810. The molecule has 0 aliphatic heterocycles. The van der Waals surface area contributed by atoms with Crippen molar-refractivity contribution in [3.8, 4) is 66.8 Å². The van der Waals surface area contributed by atoms with Gasteiger partial charge in [-0.05, 0) is 227 Å². The molecule has 83 heavy (non-hydrogen) atoms. The van der Waals surface area contributed by atoms with Gasteiger partial charge in [0, 0.05) is 38.7 Å². The summed E-state index contributed by atoms with van der Waals surface area (Å²) in [5.41, 5.74) is 29.5.